The number of Topliss-reactive ketones (excluding diaryl/α,β-unsaturated/α-hetero) is 1. The Morgan fingerprint density at radius 3 is 2.33 bits per heavy atom. The Labute approximate surface area is 105 Å². The highest BCUT2D eigenvalue weighted by molar-refractivity contribution is 5.96. The Morgan fingerprint density at radius 2 is 1.83 bits per heavy atom. The van der Waals surface area contributed by atoms with E-state index in [0.29, 0.717) is 19.3 Å². The first-order chi connectivity index (χ1) is 8.58. The van der Waals surface area contributed by atoms with Crippen LogP contribution in [0.15, 0.2) is 18.2 Å². The predicted molar refractivity (Wildman–Crippen MR) is 62.3 cm³/mol. The van der Waals surface area contributed by atoms with E-state index in [9.17, 15) is 13.6 Å². The second kappa shape index (κ2) is 7.18. The summed E-state index contributed by atoms with van der Waals surface area (Å²) in [6.45, 7) is 4.33. The number of ether oxygens (including phenoxy) is 2. The standard InChI is InChI=1S/C13H16F2O3/c1-3-17-13(18-4-2)8-12(16)10-6-5-9(14)7-11(10)15/h5-7,13H,3-4,8H2,1-2H3. The maximum atomic E-state index is 13.4. The fourth-order valence-electron chi connectivity index (χ4n) is 1.51. The van der Waals surface area contributed by atoms with Crippen molar-refractivity contribution < 1.29 is 23.0 Å². The van der Waals surface area contributed by atoms with E-state index >= 15 is 0 Å². The van der Waals surface area contributed by atoms with Crippen molar-refractivity contribution >= 4 is 5.78 Å². The van der Waals surface area contributed by atoms with Crippen molar-refractivity contribution in [1.82, 2.24) is 0 Å². The molecule has 0 spiro atoms. The summed E-state index contributed by atoms with van der Waals surface area (Å²) in [5.74, 6) is -2.05. The van der Waals surface area contributed by atoms with Crippen LogP contribution in [0.5, 0.6) is 0 Å². The van der Waals surface area contributed by atoms with Gasteiger partial charge in [-0.1, -0.05) is 0 Å². The maximum absolute atomic E-state index is 13.4. The highest BCUT2D eigenvalue weighted by Crippen LogP contribution is 2.14. The number of benzene rings is 1. The molecule has 3 nitrogen and oxygen atoms in total. The second-order valence-corrected chi connectivity index (χ2v) is 3.59. The summed E-state index contributed by atoms with van der Waals surface area (Å²) in [6, 6.07) is 2.86. The van der Waals surface area contributed by atoms with E-state index in [1.54, 1.807) is 13.8 Å². The smallest absolute Gasteiger partial charge is 0.170 e. The topological polar surface area (TPSA) is 35.5 Å². The molecule has 0 aromatic heterocycles. The van der Waals surface area contributed by atoms with E-state index in [4.69, 9.17) is 9.47 Å². The van der Waals surface area contributed by atoms with Gasteiger partial charge in [-0.3, -0.25) is 4.79 Å². The monoisotopic (exact) mass is 258 g/mol. The van der Waals surface area contributed by atoms with Crippen LogP contribution in [0, 0.1) is 11.6 Å². The number of hydrogen-bond donors (Lipinski definition) is 0. The van der Waals surface area contributed by atoms with Gasteiger partial charge in [0, 0.05) is 19.3 Å². The van der Waals surface area contributed by atoms with Gasteiger partial charge in [-0.15, -0.1) is 0 Å². The van der Waals surface area contributed by atoms with Crippen LogP contribution in [0.4, 0.5) is 8.78 Å². The molecule has 0 radical (unpaired) electrons. The number of halogens is 2. The Morgan fingerprint density at radius 1 is 1.22 bits per heavy atom. The third-order valence-corrected chi connectivity index (χ3v) is 2.29. The summed E-state index contributed by atoms with van der Waals surface area (Å²) in [4.78, 5) is 11.8. The summed E-state index contributed by atoms with van der Waals surface area (Å²) in [6.07, 6.45) is -0.790. The van der Waals surface area contributed by atoms with Gasteiger partial charge in [0.25, 0.3) is 0 Å². The molecule has 0 aliphatic rings. The average molecular weight is 258 g/mol. The summed E-state index contributed by atoms with van der Waals surface area (Å²) < 4.78 is 36.5. The Hall–Kier alpha value is -1.33. The van der Waals surface area contributed by atoms with Crippen molar-refractivity contribution in [3.05, 3.63) is 35.4 Å². The molecule has 0 atom stereocenters. The van der Waals surface area contributed by atoms with Gasteiger partial charge >= 0.3 is 0 Å². The molecule has 0 bridgehead atoms. The molecule has 0 saturated carbocycles. The third kappa shape index (κ3) is 4.16. The summed E-state index contributed by atoms with van der Waals surface area (Å²) in [5, 5.41) is 0. The molecular weight excluding hydrogens is 242 g/mol. The van der Waals surface area contributed by atoms with E-state index in [-0.39, 0.29) is 12.0 Å². The lowest BCUT2D eigenvalue weighted by atomic mass is 10.1. The normalized spacial score (nSPS) is 10.9. The predicted octanol–water partition coefficient (Wildman–Crippen LogP) is 2.94. The van der Waals surface area contributed by atoms with E-state index in [1.807, 2.05) is 0 Å². The molecule has 0 unspecified atom stereocenters. The van der Waals surface area contributed by atoms with E-state index in [1.165, 1.54) is 0 Å². The fraction of sp³-hybridized carbons (Fsp3) is 0.462. The lowest BCUT2D eigenvalue weighted by Crippen LogP contribution is -2.22. The zero-order valence-corrected chi connectivity index (χ0v) is 10.4. The fourth-order valence-corrected chi connectivity index (χ4v) is 1.51. The minimum Gasteiger partial charge on any atom is -0.352 e. The number of rotatable bonds is 7. The van der Waals surface area contributed by atoms with Crippen LogP contribution < -0.4 is 0 Å². The summed E-state index contributed by atoms with van der Waals surface area (Å²) >= 11 is 0. The van der Waals surface area contributed by atoms with E-state index < -0.39 is 23.7 Å². The minimum absolute atomic E-state index is 0.0930. The minimum atomic E-state index is -0.869. The first kappa shape index (κ1) is 14.7. The lowest BCUT2D eigenvalue weighted by Gasteiger charge is -2.16. The van der Waals surface area contributed by atoms with Crippen LogP contribution >= 0.6 is 0 Å². The molecule has 0 fully saturated rings. The molecule has 18 heavy (non-hydrogen) atoms. The van der Waals surface area contributed by atoms with Gasteiger partial charge in [0.05, 0.1) is 12.0 Å². The molecule has 0 N–H and O–H groups in total. The van der Waals surface area contributed by atoms with Crippen LogP contribution in [0.2, 0.25) is 0 Å². The zero-order chi connectivity index (χ0) is 13.5. The van der Waals surface area contributed by atoms with Crippen molar-refractivity contribution in [3.8, 4) is 0 Å². The Kier molecular flexibility index (Phi) is 5.88. The van der Waals surface area contributed by atoms with Gasteiger partial charge in [0.15, 0.2) is 12.1 Å². The van der Waals surface area contributed by atoms with Crippen LogP contribution in [-0.2, 0) is 9.47 Å². The van der Waals surface area contributed by atoms with Gasteiger partial charge in [0.1, 0.15) is 11.6 Å². The Balaban J connectivity index is 2.73. The van der Waals surface area contributed by atoms with Gasteiger partial charge in [-0.25, -0.2) is 8.78 Å². The molecule has 0 heterocycles. The molecule has 1 aromatic rings. The first-order valence-electron chi connectivity index (χ1n) is 5.79. The van der Waals surface area contributed by atoms with Crippen LogP contribution in [0.1, 0.15) is 30.6 Å². The third-order valence-electron chi connectivity index (χ3n) is 2.29. The molecule has 0 aliphatic carbocycles. The SMILES string of the molecule is CCOC(CC(=O)c1ccc(F)cc1F)OCC. The number of hydrogen-bond acceptors (Lipinski definition) is 3. The van der Waals surface area contributed by atoms with Crippen molar-refractivity contribution in [2.24, 2.45) is 0 Å². The second-order valence-electron chi connectivity index (χ2n) is 3.59. The van der Waals surface area contributed by atoms with Gasteiger partial charge in [-0.05, 0) is 26.0 Å². The summed E-state index contributed by atoms with van der Waals surface area (Å²) in [7, 11) is 0. The van der Waals surface area contributed by atoms with Gasteiger partial charge < -0.3 is 9.47 Å². The van der Waals surface area contributed by atoms with Gasteiger partial charge in [-0.2, -0.15) is 0 Å². The lowest BCUT2D eigenvalue weighted by molar-refractivity contribution is -0.133. The number of carbonyl (C=O) groups is 1. The summed E-state index contributed by atoms with van der Waals surface area (Å²) in [5.41, 5.74) is -0.152. The van der Waals surface area contributed by atoms with Crippen LogP contribution in [0.25, 0.3) is 0 Å². The Bertz CT molecular complexity index is 401. The number of ketones is 1. The zero-order valence-electron chi connectivity index (χ0n) is 10.4. The van der Waals surface area contributed by atoms with Crippen LogP contribution in [-0.4, -0.2) is 25.3 Å². The molecule has 1 aromatic carbocycles. The molecule has 0 aliphatic heterocycles. The highest BCUT2D eigenvalue weighted by Gasteiger charge is 2.18. The van der Waals surface area contributed by atoms with Gasteiger partial charge in [0.2, 0.25) is 0 Å². The molecule has 0 amide bonds. The quantitative estimate of drug-likeness (QED) is 0.557. The van der Waals surface area contributed by atoms with E-state index in [2.05, 4.69) is 0 Å². The average Bonchev–Trinajstić information content (AvgIpc) is 2.29. The first-order valence-corrected chi connectivity index (χ1v) is 5.79. The maximum Gasteiger partial charge on any atom is 0.170 e. The van der Waals surface area contributed by atoms with E-state index in [0.717, 1.165) is 12.1 Å². The highest BCUT2D eigenvalue weighted by atomic mass is 19.1. The number of carbonyl (C=O) groups excluding carboxylic acids is 1. The molecule has 100 valence electrons. The molecule has 5 heteroatoms. The van der Waals surface area contributed by atoms with Crippen molar-refractivity contribution in [2.75, 3.05) is 13.2 Å². The van der Waals surface area contributed by atoms with Crippen molar-refractivity contribution in [1.29, 1.82) is 0 Å². The molecule has 1 rings (SSSR count). The molecular formula is C13H16F2O3. The van der Waals surface area contributed by atoms with Crippen LogP contribution in [0.3, 0.4) is 0 Å². The largest absolute Gasteiger partial charge is 0.352 e. The van der Waals surface area contributed by atoms with Crippen molar-refractivity contribution in [3.63, 3.8) is 0 Å². The molecule has 0 saturated heterocycles. The van der Waals surface area contributed by atoms with Crippen molar-refractivity contribution in [2.45, 2.75) is 26.6 Å².